The number of carbonyl (C=O) groups is 1. The molecule has 2 aliphatic rings. The predicted octanol–water partition coefficient (Wildman–Crippen LogP) is 4.14. The van der Waals surface area contributed by atoms with Crippen LogP contribution in [0.1, 0.15) is 49.4 Å². The van der Waals surface area contributed by atoms with Crippen molar-refractivity contribution in [3.05, 3.63) is 53.4 Å². The lowest BCUT2D eigenvalue weighted by Crippen LogP contribution is -2.61. The molecule has 1 saturated heterocycles. The van der Waals surface area contributed by atoms with Crippen molar-refractivity contribution in [1.82, 2.24) is 29.7 Å². The maximum Gasteiger partial charge on any atom is 0.253 e. The highest BCUT2D eigenvalue weighted by Gasteiger charge is 2.39. The van der Waals surface area contributed by atoms with Crippen LogP contribution in [0.2, 0.25) is 5.02 Å². The van der Waals surface area contributed by atoms with Crippen LogP contribution in [0.25, 0.3) is 16.9 Å². The van der Waals surface area contributed by atoms with E-state index >= 15 is 0 Å². The largest absolute Gasteiger partial charge is 0.350 e. The van der Waals surface area contributed by atoms with Gasteiger partial charge in [0.2, 0.25) is 0 Å². The molecule has 5 rings (SSSR count). The van der Waals surface area contributed by atoms with Crippen molar-refractivity contribution in [1.29, 1.82) is 0 Å². The number of nitrogens with zero attached hydrogens (tertiary/aromatic N) is 5. The van der Waals surface area contributed by atoms with Crippen LogP contribution >= 0.6 is 11.6 Å². The van der Waals surface area contributed by atoms with E-state index in [2.05, 4.69) is 32.0 Å². The Morgan fingerprint density at radius 3 is 2.56 bits per heavy atom. The fourth-order valence-corrected chi connectivity index (χ4v) is 5.89. The lowest BCUT2D eigenvalue weighted by Gasteiger charge is -2.50. The van der Waals surface area contributed by atoms with E-state index in [4.69, 9.17) is 11.6 Å². The number of hydrogen-bond acceptors (Lipinski definition) is 5. The number of hydrogen-bond donors (Lipinski definition) is 1. The van der Waals surface area contributed by atoms with Crippen LogP contribution in [-0.2, 0) is 0 Å². The summed E-state index contributed by atoms with van der Waals surface area (Å²) < 4.78 is 1.84. The Balaban J connectivity index is 1.41. The molecule has 8 heteroatoms. The summed E-state index contributed by atoms with van der Waals surface area (Å²) in [5, 5.41) is 4.49. The molecule has 0 atom stereocenters. The first kappa shape index (κ1) is 23.3. The number of nitrogens with one attached hydrogen (secondary N) is 1. The molecule has 7 nitrogen and oxygen atoms in total. The van der Waals surface area contributed by atoms with Crippen LogP contribution < -0.4 is 5.32 Å². The molecule has 0 aromatic carbocycles. The number of fused-ring (bicyclic) bond motifs is 1. The summed E-state index contributed by atoms with van der Waals surface area (Å²) >= 11 is 6.57. The van der Waals surface area contributed by atoms with E-state index in [0.29, 0.717) is 34.0 Å². The Morgan fingerprint density at radius 1 is 1.06 bits per heavy atom. The highest BCUT2D eigenvalue weighted by molar-refractivity contribution is 6.36. The first-order chi connectivity index (χ1) is 16.6. The molecule has 0 radical (unpaired) electrons. The van der Waals surface area contributed by atoms with E-state index in [1.54, 1.807) is 18.5 Å². The van der Waals surface area contributed by atoms with Gasteiger partial charge in [0.1, 0.15) is 11.5 Å². The van der Waals surface area contributed by atoms with Gasteiger partial charge in [0.25, 0.3) is 5.91 Å². The Labute approximate surface area is 206 Å². The van der Waals surface area contributed by atoms with Crippen molar-refractivity contribution in [3.63, 3.8) is 0 Å². The second-order valence-electron chi connectivity index (χ2n) is 9.48. The maximum atomic E-state index is 13.6. The van der Waals surface area contributed by atoms with Gasteiger partial charge in [-0.25, -0.2) is 9.97 Å². The van der Waals surface area contributed by atoms with Crippen molar-refractivity contribution < 1.29 is 4.79 Å². The van der Waals surface area contributed by atoms with Crippen LogP contribution in [0.4, 0.5) is 0 Å². The Kier molecular flexibility index (Phi) is 6.86. The second-order valence-corrected chi connectivity index (χ2v) is 9.89. The molecular formula is C26H33ClN6O. The van der Waals surface area contributed by atoms with Gasteiger partial charge in [-0.05, 0) is 37.6 Å². The van der Waals surface area contributed by atoms with Crippen LogP contribution in [-0.4, -0.2) is 75.0 Å². The molecule has 4 heterocycles. The topological polar surface area (TPSA) is 66.3 Å². The third-order valence-electron chi connectivity index (χ3n) is 7.63. The van der Waals surface area contributed by atoms with E-state index in [9.17, 15) is 4.79 Å². The summed E-state index contributed by atoms with van der Waals surface area (Å²) in [4.78, 5) is 27.7. The van der Waals surface area contributed by atoms with Gasteiger partial charge in [0.15, 0.2) is 0 Å². The van der Waals surface area contributed by atoms with Crippen LogP contribution in [0.15, 0.2) is 42.9 Å². The van der Waals surface area contributed by atoms with E-state index in [-0.39, 0.29) is 11.4 Å². The quantitative estimate of drug-likeness (QED) is 0.574. The molecule has 1 N–H and O–H groups in total. The van der Waals surface area contributed by atoms with Gasteiger partial charge < -0.3 is 10.2 Å². The zero-order chi connectivity index (χ0) is 23.5. The predicted molar refractivity (Wildman–Crippen MR) is 136 cm³/mol. The van der Waals surface area contributed by atoms with Crippen LogP contribution in [0, 0.1) is 0 Å². The molecule has 2 fully saturated rings. The molecule has 0 bridgehead atoms. The summed E-state index contributed by atoms with van der Waals surface area (Å²) in [6.07, 6.45) is 11.2. The summed E-state index contributed by atoms with van der Waals surface area (Å²) in [6.45, 7) is 8.33. The number of carbonyl (C=O) groups excluding carboxylic acids is 1. The van der Waals surface area contributed by atoms with Crippen molar-refractivity contribution in [2.24, 2.45) is 0 Å². The van der Waals surface area contributed by atoms with Crippen molar-refractivity contribution in [2.45, 2.75) is 44.6 Å². The molecule has 0 spiro atoms. The zero-order valence-electron chi connectivity index (χ0n) is 19.8. The fraction of sp³-hybridized carbons (Fsp3) is 0.500. The van der Waals surface area contributed by atoms with Gasteiger partial charge in [0, 0.05) is 56.9 Å². The summed E-state index contributed by atoms with van der Waals surface area (Å²) in [5.41, 5.74) is 1.22. The average molecular weight is 481 g/mol. The molecule has 1 saturated carbocycles. The highest BCUT2D eigenvalue weighted by Crippen LogP contribution is 2.35. The number of pyridine rings is 2. The SMILES string of the molecule is CCN1CCN(C2(CNC(=O)c3cn(-c4ccccn4)c4nccc(Cl)c34)CCCCC2)CC1. The third kappa shape index (κ3) is 4.44. The highest BCUT2D eigenvalue weighted by atomic mass is 35.5. The molecule has 1 aliphatic heterocycles. The first-order valence-electron chi connectivity index (χ1n) is 12.4. The lowest BCUT2D eigenvalue weighted by atomic mass is 9.79. The smallest absolute Gasteiger partial charge is 0.253 e. The van der Waals surface area contributed by atoms with E-state index in [1.165, 1.54) is 19.3 Å². The number of aromatic nitrogens is 3. The van der Waals surface area contributed by atoms with Crippen molar-refractivity contribution in [2.75, 3.05) is 39.3 Å². The zero-order valence-corrected chi connectivity index (χ0v) is 20.6. The molecule has 3 aromatic heterocycles. The number of rotatable bonds is 6. The molecule has 34 heavy (non-hydrogen) atoms. The fourth-order valence-electron chi connectivity index (χ4n) is 5.65. The third-order valence-corrected chi connectivity index (χ3v) is 7.94. The van der Waals surface area contributed by atoms with Gasteiger partial charge in [-0.2, -0.15) is 0 Å². The van der Waals surface area contributed by atoms with Gasteiger partial charge >= 0.3 is 0 Å². The van der Waals surface area contributed by atoms with Crippen molar-refractivity contribution in [3.8, 4) is 5.82 Å². The summed E-state index contributed by atoms with van der Waals surface area (Å²) in [7, 11) is 0. The number of amides is 1. The average Bonchev–Trinajstić information content (AvgIpc) is 3.30. The van der Waals surface area contributed by atoms with E-state index in [1.807, 2.05) is 29.0 Å². The van der Waals surface area contributed by atoms with E-state index in [0.717, 1.165) is 45.6 Å². The monoisotopic (exact) mass is 480 g/mol. The molecule has 1 aliphatic carbocycles. The number of likely N-dealkylation sites (N-methyl/N-ethyl adjacent to an activating group) is 1. The van der Waals surface area contributed by atoms with Gasteiger partial charge in [-0.1, -0.05) is 43.9 Å². The van der Waals surface area contributed by atoms with Gasteiger partial charge in [-0.15, -0.1) is 0 Å². The molecule has 0 unspecified atom stereocenters. The maximum absolute atomic E-state index is 13.6. The minimum absolute atomic E-state index is 0.0368. The normalized spacial score (nSPS) is 19.4. The summed E-state index contributed by atoms with van der Waals surface area (Å²) in [5.74, 6) is 0.602. The molecule has 1 amide bonds. The molecule has 180 valence electrons. The van der Waals surface area contributed by atoms with Crippen LogP contribution in [0.5, 0.6) is 0 Å². The second kappa shape index (κ2) is 10.0. The van der Waals surface area contributed by atoms with Crippen LogP contribution in [0.3, 0.4) is 0 Å². The first-order valence-corrected chi connectivity index (χ1v) is 12.8. The molecular weight excluding hydrogens is 448 g/mol. The minimum atomic E-state index is -0.105. The number of halogens is 1. The number of piperazine rings is 1. The lowest BCUT2D eigenvalue weighted by molar-refractivity contribution is 0.00925. The van der Waals surface area contributed by atoms with Gasteiger partial charge in [0.05, 0.1) is 16.0 Å². The Bertz CT molecular complexity index is 1130. The van der Waals surface area contributed by atoms with Crippen molar-refractivity contribution >= 4 is 28.5 Å². The Morgan fingerprint density at radius 2 is 1.85 bits per heavy atom. The minimum Gasteiger partial charge on any atom is -0.350 e. The van der Waals surface area contributed by atoms with E-state index < -0.39 is 0 Å². The summed E-state index contributed by atoms with van der Waals surface area (Å²) in [6, 6.07) is 7.42. The standard InChI is InChI=1S/C26H33ClN6O/c1-2-31-14-16-32(17-15-31)26(10-5-3-6-11-26)19-30-25(34)20-18-33(22-8-4-7-12-28-22)24-23(20)21(27)9-13-29-24/h4,7-9,12-13,18H,2-3,5-6,10-11,14-17,19H2,1H3,(H,30,34). The Hall–Kier alpha value is -2.48. The molecule has 3 aromatic rings. The van der Waals surface area contributed by atoms with Gasteiger partial charge in [-0.3, -0.25) is 14.3 Å².